The minimum atomic E-state index is -0.737. The molecular weight excluding hydrogens is 342 g/mol. The molecule has 0 radical (unpaired) electrons. The van der Waals surface area contributed by atoms with Gasteiger partial charge in [0.2, 0.25) is 0 Å². The van der Waals surface area contributed by atoms with E-state index in [9.17, 15) is 9.59 Å². The molecule has 0 heterocycles. The van der Waals surface area contributed by atoms with Crippen LogP contribution in [0.4, 0.5) is 5.69 Å². The fourth-order valence-corrected chi connectivity index (χ4v) is 2.90. The zero-order valence-electron chi connectivity index (χ0n) is 14.0. The highest BCUT2D eigenvalue weighted by molar-refractivity contribution is 6.34. The zero-order valence-corrected chi connectivity index (χ0v) is 14.7. The molecule has 2 N–H and O–H groups in total. The summed E-state index contributed by atoms with van der Waals surface area (Å²) in [5.74, 6) is -0.961. The van der Waals surface area contributed by atoms with Gasteiger partial charge < -0.3 is 15.4 Å². The molecule has 1 aromatic carbocycles. The predicted molar refractivity (Wildman–Crippen MR) is 95.1 cm³/mol. The minimum Gasteiger partial charge on any atom is -0.465 e. The van der Waals surface area contributed by atoms with Crippen molar-refractivity contribution in [1.29, 1.82) is 5.26 Å². The van der Waals surface area contributed by atoms with Crippen molar-refractivity contribution in [2.75, 3.05) is 12.4 Å². The number of halogens is 1. The maximum Gasteiger partial charge on any atom is 0.350 e. The molecule has 0 saturated heterocycles. The van der Waals surface area contributed by atoms with Crippen LogP contribution in [0.2, 0.25) is 5.02 Å². The first-order valence-electron chi connectivity index (χ1n) is 8.10. The second-order valence-corrected chi connectivity index (χ2v) is 6.22. The van der Waals surface area contributed by atoms with Gasteiger partial charge in [-0.15, -0.1) is 0 Å². The Morgan fingerprint density at radius 1 is 1.32 bits per heavy atom. The van der Waals surface area contributed by atoms with Crippen LogP contribution in [0.15, 0.2) is 30.0 Å². The Balaban J connectivity index is 2.11. The van der Waals surface area contributed by atoms with Crippen molar-refractivity contribution < 1.29 is 14.3 Å². The number of hydrogen-bond acceptors (Lipinski definition) is 5. The van der Waals surface area contributed by atoms with Gasteiger partial charge in [0.15, 0.2) is 5.57 Å². The number of hydrogen-bond donors (Lipinski definition) is 2. The fourth-order valence-electron chi connectivity index (χ4n) is 2.70. The van der Waals surface area contributed by atoms with Gasteiger partial charge in [-0.05, 0) is 31.0 Å². The minimum absolute atomic E-state index is 0.175. The molecule has 7 heteroatoms. The second-order valence-electron chi connectivity index (χ2n) is 5.81. The topological polar surface area (TPSA) is 91.2 Å². The highest BCUT2D eigenvalue weighted by Crippen LogP contribution is 2.23. The quantitative estimate of drug-likeness (QED) is 0.476. The third-order valence-corrected chi connectivity index (χ3v) is 4.39. The van der Waals surface area contributed by atoms with Gasteiger partial charge in [-0.1, -0.05) is 30.9 Å². The summed E-state index contributed by atoms with van der Waals surface area (Å²) in [6.07, 6.45) is 6.65. The number of ether oxygens (including phenoxy) is 1. The Morgan fingerprint density at radius 2 is 2.04 bits per heavy atom. The first-order chi connectivity index (χ1) is 12.0. The monoisotopic (exact) mass is 361 g/mol. The van der Waals surface area contributed by atoms with Crippen molar-refractivity contribution in [3.8, 4) is 6.07 Å². The Labute approximate surface area is 151 Å². The smallest absolute Gasteiger partial charge is 0.350 e. The number of rotatable bonds is 5. The van der Waals surface area contributed by atoms with E-state index >= 15 is 0 Å². The summed E-state index contributed by atoms with van der Waals surface area (Å²) in [5.41, 5.74) is 0.711. The van der Waals surface area contributed by atoms with Crippen molar-refractivity contribution >= 4 is 29.2 Å². The van der Waals surface area contributed by atoms with Crippen molar-refractivity contribution in [2.45, 2.75) is 38.1 Å². The van der Waals surface area contributed by atoms with Crippen LogP contribution in [0.1, 0.15) is 42.5 Å². The van der Waals surface area contributed by atoms with Crippen LogP contribution < -0.4 is 10.6 Å². The van der Waals surface area contributed by atoms with Gasteiger partial charge in [0.1, 0.15) is 6.07 Å². The molecule has 0 aromatic heterocycles. The van der Waals surface area contributed by atoms with E-state index in [2.05, 4.69) is 15.4 Å². The number of carbonyl (C=O) groups is 2. The average Bonchev–Trinajstić information content (AvgIpc) is 2.63. The Kier molecular flexibility index (Phi) is 6.84. The normalized spacial score (nSPS) is 15.2. The summed E-state index contributed by atoms with van der Waals surface area (Å²) in [6, 6.07) is 6.76. The largest absolute Gasteiger partial charge is 0.465 e. The molecule has 1 saturated carbocycles. The average molecular weight is 362 g/mol. The van der Waals surface area contributed by atoms with Crippen molar-refractivity contribution in [1.82, 2.24) is 5.32 Å². The van der Waals surface area contributed by atoms with Crippen LogP contribution in [0.25, 0.3) is 0 Å². The third-order valence-electron chi connectivity index (χ3n) is 4.06. The molecule has 1 amide bonds. The molecule has 1 aromatic rings. The van der Waals surface area contributed by atoms with Crippen molar-refractivity contribution in [3.63, 3.8) is 0 Å². The first-order valence-corrected chi connectivity index (χ1v) is 8.48. The van der Waals surface area contributed by atoms with Gasteiger partial charge in [-0.2, -0.15) is 5.26 Å². The lowest BCUT2D eigenvalue weighted by molar-refractivity contribution is -0.135. The standard InChI is InChI=1S/C18H20ClN3O3/c1-25-18(24)12(10-20)11-21-14-7-8-16(19)15(9-14)17(23)22-13-5-3-2-4-6-13/h7-9,11,13,21H,2-6H2,1H3,(H,22,23)/b12-11+. The fraction of sp³-hybridized carbons (Fsp3) is 0.389. The van der Waals surface area contributed by atoms with Crippen molar-refractivity contribution in [2.24, 2.45) is 0 Å². The van der Waals surface area contributed by atoms with E-state index in [1.54, 1.807) is 24.3 Å². The van der Waals surface area contributed by atoms with Gasteiger partial charge in [-0.25, -0.2) is 4.79 Å². The van der Waals surface area contributed by atoms with Gasteiger partial charge >= 0.3 is 5.97 Å². The van der Waals surface area contributed by atoms with E-state index in [-0.39, 0.29) is 17.5 Å². The number of esters is 1. The van der Waals surface area contributed by atoms with Crippen LogP contribution in [0, 0.1) is 11.3 Å². The summed E-state index contributed by atoms with van der Waals surface area (Å²) in [7, 11) is 1.20. The molecule has 2 rings (SSSR count). The third kappa shape index (κ3) is 5.23. The Hall–Kier alpha value is -2.52. The maximum absolute atomic E-state index is 12.5. The summed E-state index contributed by atoms with van der Waals surface area (Å²) in [6.45, 7) is 0. The molecule has 1 aliphatic carbocycles. The lowest BCUT2D eigenvalue weighted by Gasteiger charge is -2.23. The number of benzene rings is 1. The van der Waals surface area contributed by atoms with Gasteiger partial charge in [0, 0.05) is 17.9 Å². The molecule has 0 bridgehead atoms. The van der Waals surface area contributed by atoms with Crippen molar-refractivity contribution in [3.05, 3.63) is 40.6 Å². The molecule has 6 nitrogen and oxygen atoms in total. The summed E-state index contributed by atoms with van der Waals surface area (Å²) in [5, 5.41) is 15.1. The summed E-state index contributed by atoms with van der Waals surface area (Å²) < 4.78 is 4.50. The number of anilines is 1. The molecule has 1 aliphatic rings. The number of carbonyl (C=O) groups excluding carboxylic acids is 2. The van der Waals surface area contributed by atoms with E-state index in [1.165, 1.54) is 19.7 Å². The second kappa shape index (κ2) is 9.09. The highest BCUT2D eigenvalue weighted by Gasteiger charge is 2.18. The summed E-state index contributed by atoms with van der Waals surface area (Å²) in [4.78, 5) is 23.8. The number of methoxy groups -OCH3 is 1. The predicted octanol–water partition coefficient (Wildman–Crippen LogP) is 3.39. The Bertz CT molecular complexity index is 719. The molecule has 1 fully saturated rings. The highest BCUT2D eigenvalue weighted by atomic mass is 35.5. The van der Waals surface area contributed by atoms with E-state index in [0.29, 0.717) is 16.3 Å². The molecule has 25 heavy (non-hydrogen) atoms. The van der Waals surface area contributed by atoms with E-state index in [4.69, 9.17) is 16.9 Å². The number of amides is 1. The maximum atomic E-state index is 12.5. The lowest BCUT2D eigenvalue weighted by atomic mass is 9.95. The van der Waals surface area contributed by atoms with E-state index in [1.807, 2.05) is 0 Å². The number of nitriles is 1. The number of nitrogens with one attached hydrogen (secondary N) is 2. The van der Waals surface area contributed by atoms with Crippen LogP contribution in [0.3, 0.4) is 0 Å². The first kappa shape index (κ1) is 18.8. The zero-order chi connectivity index (χ0) is 18.2. The molecule has 0 aliphatic heterocycles. The van der Waals surface area contributed by atoms with Gasteiger partial charge in [0.25, 0.3) is 5.91 Å². The van der Waals surface area contributed by atoms with Crippen LogP contribution in [0.5, 0.6) is 0 Å². The molecule has 0 spiro atoms. The van der Waals surface area contributed by atoms with Crippen LogP contribution in [-0.2, 0) is 9.53 Å². The molecule has 0 unspecified atom stereocenters. The van der Waals surface area contributed by atoms with Crippen LogP contribution >= 0.6 is 11.6 Å². The van der Waals surface area contributed by atoms with Crippen LogP contribution in [-0.4, -0.2) is 25.0 Å². The number of nitrogens with zero attached hydrogens (tertiary/aromatic N) is 1. The SMILES string of the molecule is COC(=O)/C(C#N)=C/Nc1ccc(Cl)c(C(=O)NC2CCCCC2)c1. The summed E-state index contributed by atoms with van der Waals surface area (Å²) >= 11 is 6.14. The Morgan fingerprint density at radius 3 is 2.68 bits per heavy atom. The van der Waals surface area contributed by atoms with E-state index in [0.717, 1.165) is 25.7 Å². The molecule has 0 atom stereocenters. The van der Waals surface area contributed by atoms with E-state index < -0.39 is 5.97 Å². The lowest BCUT2D eigenvalue weighted by Crippen LogP contribution is -2.36. The van der Waals surface area contributed by atoms with Gasteiger partial charge in [-0.3, -0.25) is 4.79 Å². The molecule has 132 valence electrons. The van der Waals surface area contributed by atoms with Gasteiger partial charge in [0.05, 0.1) is 17.7 Å². The molecular formula is C18H20ClN3O3.